The van der Waals surface area contributed by atoms with E-state index in [0.29, 0.717) is 13.1 Å². The van der Waals surface area contributed by atoms with Gasteiger partial charge in [-0.25, -0.2) is 0 Å². The average molecular weight is 277 g/mol. The van der Waals surface area contributed by atoms with Crippen LogP contribution in [0.15, 0.2) is 24.3 Å². The van der Waals surface area contributed by atoms with Gasteiger partial charge >= 0.3 is 0 Å². The number of hydrogen-bond donors (Lipinski definition) is 3. The predicted molar refractivity (Wildman–Crippen MR) is 78.1 cm³/mol. The van der Waals surface area contributed by atoms with E-state index < -0.39 is 0 Å². The lowest BCUT2D eigenvalue weighted by Crippen LogP contribution is -2.38. The van der Waals surface area contributed by atoms with Gasteiger partial charge in [0.1, 0.15) is 0 Å². The van der Waals surface area contributed by atoms with E-state index in [4.69, 9.17) is 5.11 Å². The molecule has 3 N–H and O–H groups in total. The van der Waals surface area contributed by atoms with Crippen LogP contribution >= 0.6 is 0 Å². The molecule has 1 aromatic carbocycles. The Labute approximate surface area is 120 Å². The molecule has 0 atom stereocenters. The number of benzene rings is 1. The molecule has 0 aliphatic carbocycles. The van der Waals surface area contributed by atoms with Crippen molar-refractivity contribution in [3.8, 4) is 0 Å². The Balaban J connectivity index is 1.76. The Morgan fingerprint density at radius 3 is 3.00 bits per heavy atom. The van der Waals surface area contributed by atoms with Crippen LogP contribution in [0.4, 0.5) is 0 Å². The highest BCUT2D eigenvalue weighted by Gasteiger charge is 2.12. The third-order valence-electron chi connectivity index (χ3n) is 3.46. The minimum Gasteiger partial charge on any atom is -0.392 e. The Bertz CT molecular complexity index is 429. The summed E-state index contributed by atoms with van der Waals surface area (Å²) in [7, 11) is 0. The molecule has 2 rings (SSSR count). The van der Waals surface area contributed by atoms with Crippen LogP contribution in [0.3, 0.4) is 0 Å². The quantitative estimate of drug-likeness (QED) is 0.714. The van der Waals surface area contributed by atoms with Gasteiger partial charge in [-0.2, -0.15) is 0 Å². The van der Waals surface area contributed by atoms with E-state index in [0.717, 1.165) is 43.7 Å². The van der Waals surface area contributed by atoms with Gasteiger partial charge in [0, 0.05) is 19.6 Å². The Morgan fingerprint density at radius 2 is 2.15 bits per heavy atom. The topological polar surface area (TPSA) is 64.6 Å². The molecule has 5 heteroatoms. The third-order valence-corrected chi connectivity index (χ3v) is 3.46. The largest absolute Gasteiger partial charge is 0.392 e. The number of aliphatic hydroxyl groups is 1. The molecule has 1 saturated heterocycles. The van der Waals surface area contributed by atoms with Crippen molar-refractivity contribution in [1.29, 1.82) is 0 Å². The molecule has 1 fully saturated rings. The lowest BCUT2D eigenvalue weighted by Gasteiger charge is -2.18. The highest BCUT2D eigenvalue weighted by molar-refractivity contribution is 5.78. The van der Waals surface area contributed by atoms with Gasteiger partial charge in [-0.05, 0) is 30.6 Å². The molecular formula is C15H23N3O2. The maximum atomic E-state index is 11.9. The van der Waals surface area contributed by atoms with Crippen molar-refractivity contribution in [2.45, 2.75) is 19.6 Å². The fourth-order valence-electron chi connectivity index (χ4n) is 2.36. The second kappa shape index (κ2) is 7.99. The number of aliphatic hydroxyl groups excluding tert-OH is 1. The molecule has 1 amide bonds. The van der Waals surface area contributed by atoms with Crippen molar-refractivity contribution in [3.05, 3.63) is 35.4 Å². The normalized spacial score (nSPS) is 16.6. The highest BCUT2D eigenvalue weighted by Crippen LogP contribution is 2.05. The first-order valence-electron chi connectivity index (χ1n) is 7.16. The second-order valence-electron chi connectivity index (χ2n) is 5.13. The molecule has 1 aromatic rings. The predicted octanol–water partition coefficient (Wildman–Crippen LogP) is 0.0904. The Morgan fingerprint density at radius 1 is 1.30 bits per heavy atom. The Hall–Kier alpha value is -1.43. The molecule has 0 saturated carbocycles. The summed E-state index contributed by atoms with van der Waals surface area (Å²) in [6, 6.07) is 7.63. The molecule has 20 heavy (non-hydrogen) atoms. The molecule has 1 heterocycles. The number of nitrogens with zero attached hydrogens (tertiary/aromatic N) is 1. The average Bonchev–Trinajstić information content (AvgIpc) is 2.74. The smallest absolute Gasteiger partial charge is 0.234 e. The second-order valence-corrected chi connectivity index (χ2v) is 5.13. The summed E-state index contributed by atoms with van der Waals surface area (Å²) in [5, 5.41) is 15.3. The first-order chi connectivity index (χ1) is 9.78. The molecule has 0 bridgehead atoms. The van der Waals surface area contributed by atoms with Crippen molar-refractivity contribution in [1.82, 2.24) is 15.5 Å². The summed E-state index contributed by atoms with van der Waals surface area (Å²) in [5.41, 5.74) is 1.89. The number of nitrogens with one attached hydrogen (secondary N) is 2. The van der Waals surface area contributed by atoms with E-state index >= 15 is 0 Å². The summed E-state index contributed by atoms with van der Waals surface area (Å²) < 4.78 is 0. The van der Waals surface area contributed by atoms with Gasteiger partial charge in [0.05, 0.1) is 13.2 Å². The van der Waals surface area contributed by atoms with Crippen LogP contribution in [-0.2, 0) is 17.9 Å². The lowest BCUT2D eigenvalue weighted by atomic mass is 10.1. The first kappa shape index (κ1) is 15.0. The molecule has 1 aliphatic rings. The van der Waals surface area contributed by atoms with Crippen LogP contribution in [0.25, 0.3) is 0 Å². The summed E-state index contributed by atoms with van der Waals surface area (Å²) in [6.45, 7) is 4.88. The van der Waals surface area contributed by atoms with Gasteiger partial charge in [-0.1, -0.05) is 24.3 Å². The van der Waals surface area contributed by atoms with Crippen LogP contribution in [0.1, 0.15) is 17.5 Å². The van der Waals surface area contributed by atoms with Crippen molar-refractivity contribution in [2.24, 2.45) is 0 Å². The highest BCUT2D eigenvalue weighted by atomic mass is 16.3. The molecular weight excluding hydrogens is 254 g/mol. The number of rotatable bonds is 5. The van der Waals surface area contributed by atoms with Gasteiger partial charge in [-0.3, -0.25) is 9.69 Å². The summed E-state index contributed by atoms with van der Waals surface area (Å²) >= 11 is 0. The molecule has 1 aliphatic heterocycles. The van der Waals surface area contributed by atoms with Gasteiger partial charge < -0.3 is 15.7 Å². The zero-order chi connectivity index (χ0) is 14.2. The zero-order valence-corrected chi connectivity index (χ0v) is 11.8. The van der Waals surface area contributed by atoms with Crippen molar-refractivity contribution in [3.63, 3.8) is 0 Å². The maximum Gasteiger partial charge on any atom is 0.234 e. The third kappa shape index (κ3) is 4.92. The van der Waals surface area contributed by atoms with E-state index in [1.54, 1.807) is 0 Å². The monoisotopic (exact) mass is 277 g/mol. The number of amides is 1. The molecule has 0 unspecified atom stereocenters. The number of carbonyl (C=O) groups is 1. The molecule has 0 radical (unpaired) electrons. The van der Waals surface area contributed by atoms with Crippen molar-refractivity contribution in [2.75, 3.05) is 32.7 Å². The van der Waals surface area contributed by atoms with Crippen LogP contribution in [-0.4, -0.2) is 48.6 Å². The fraction of sp³-hybridized carbons (Fsp3) is 0.533. The summed E-state index contributed by atoms with van der Waals surface area (Å²) in [4.78, 5) is 14.1. The summed E-state index contributed by atoms with van der Waals surface area (Å²) in [6.07, 6.45) is 1.09. The van der Waals surface area contributed by atoms with E-state index in [9.17, 15) is 4.79 Å². The van der Waals surface area contributed by atoms with Crippen molar-refractivity contribution < 1.29 is 9.90 Å². The SMILES string of the molecule is O=C(CN1CCCNCC1)NCc1cccc(CO)c1. The molecule has 0 spiro atoms. The lowest BCUT2D eigenvalue weighted by molar-refractivity contribution is -0.122. The van der Waals surface area contributed by atoms with Crippen LogP contribution < -0.4 is 10.6 Å². The van der Waals surface area contributed by atoms with Crippen molar-refractivity contribution >= 4 is 5.91 Å². The van der Waals surface area contributed by atoms with Crippen LogP contribution in [0.5, 0.6) is 0 Å². The number of carbonyl (C=O) groups excluding carboxylic acids is 1. The van der Waals surface area contributed by atoms with Gasteiger partial charge in [0.2, 0.25) is 5.91 Å². The van der Waals surface area contributed by atoms with E-state index in [2.05, 4.69) is 15.5 Å². The van der Waals surface area contributed by atoms with Gasteiger partial charge in [0.25, 0.3) is 0 Å². The van der Waals surface area contributed by atoms with Gasteiger partial charge in [0.15, 0.2) is 0 Å². The van der Waals surface area contributed by atoms with Crippen LogP contribution in [0.2, 0.25) is 0 Å². The van der Waals surface area contributed by atoms with E-state index in [1.165, 1.54) is 0 Å². The molecule has 110 valence electrons. The summed E-state index contributed by atoms with van der Waals surface area (Å²) in [5.74, 6) is 0.0568. The first-order valence-corrected chi connectivity index (χ1v) is 7.16. The minimum atomic E-state index is 0.0303. The van der Waals surface area contributed by atoms with E-state index in [-0.39, 0.29) is 12.5 Å². The van der Waals surface area contributed by atoms with Gasteiger partial charge in [-0.15, -0.1) is 0 Å². The zero-order valence-electron chi connectivity index (χ0n) is 11.8. The molecule has 5 nitrogen and oxygen atoms in total. The number of hydrogen-bond acceptors (Lipinski definition) is 4. The maximum absolute atomic E-state index is 11.9. The minimum absolute atomic E-state index is 0.0303. The Kier molecular flexibility index (Phi) is 5.98. The molecule has 0 aromatic heterocycles. The standard InChI is InChI=1S/C15H23N3O2/c19-12-14-4-1-3-13(9-14)10-17-15(20)11-18-7-2-5-16-6-8-18/h1,3-4,9,16,19H,2,5-8,10-12H2,(H,17,20). The van der Waals surface area contributed by atoms with Crippen LogP contribution in [0, 0.1) is 0 Å². The van der Waals surface area contributed by atoms with E-state index in [1.807, 2.05) is 24.3 Å². The fourth-order valence-corrected chi connectivity index (χ4v) is 2.36.